The zero-order valence-corrected chi connectivity index (χ0v) is 12.1. The van der Waals surface area contributed by atoms with Gasteiger partial charge in [0.25, 0.3) is 0 Å². The van der Waals surface area contributed by atoms with Crippen LogP contribution in [-0.4, -0.2) is 12.2 Å². The quantitative estimate of drug-likeness (QED) is 0.870. The first kappa shape index (κ1) is 12.9. The van der Waals surface area contributed by atoms with Crippen molar-refractivity contribution in [3.8, 4) is 5.75 Å². The largest absolute Gasteiger partial charge is 0.493 e. The third-order valence-electron chi connectivity index (χ3n) is 2.47. The highest BCUT2D eigenvalue weighted by molar-refractivity contribution is 9.10. The lowest BCUT2D eigenvalue weighted by Gasteiger charge is -2.20. The Bertz CT molecular complexity index is 413. The Morgan fingerprint density at radius 2 is 2.18 bits per heavy atom. The van der Waals surface area contributed by atoms with E-state index in [1.165, 1.54) is 5.56 Å². The number of hydroxylamine groups is 1. The number of hydrogen-bond acceptors (Lipinski definition) is 3. The van der Waals surface area contributed by atoms with Crippen LogP contribution >= 0.6 is 15.9 Å². The van der Waals surface area contributed by atoms with E-state index >= 15 is 0 Å². The molecule has 1 aromatic carbocycles. The van der Waals surface area contributed by atoms with E-state index in [0.29, 0.717) is 6.54 Å². The van der Waals surface area contributed by atoms with Crippen LogP contribution in [0.15, 0.2) is 16.6 Å². The summed E-state index contributed by atoms with van der Waals surface area (Å²) in [6.07, 6.45) is 0.988. The summed E-state index contributed by atoms with van der Waals surface area (Å²) in [5.41, 5.74) is 5.22. The smallest absolute Gasteiger partial charge is 0.127 e. The molecule has 0 amide bonds. The zero-order valence-electron chi connectivity index (χ0n) is 10.5. The first-order valence-corrected chi connectivity index (χ1v) is 6.60. The molecule has 0 fully saturated rings. The predicted molar refractivity (Wildman–Crippen MR) is 71.0 cm³/mol. The molecule has 1 aromatic rings. The van der Waals surface area contributed by atoms with Crippen LogP contribution in [0.4, 0.5) is 0 Å². The number of benzene rings is 1. The highest BCUT2D eigenvalue weighted by atomic mass is 79.9. The Hall–Kier alpha value is -0.580. The summed E-state index contributed by atoms with van der Waals surface area (Å²) in [6.45, 7) is 7.48. The van der Waals surface area contributed by atoms with Gasteiger partial charge in [0.15, 0.2) is 0 Å². The molecule has 0 radical (unpaired) electrons. The van der Waals surface area contributed by atoms with Crippen molar-refractivity contribution in [3.05, 3.63) is 27.7 Å². The van der Waals surface area contributed by atoms with Crippen LogP contribution in [0.25, 0.3) is 0 Å². The second kappa shape index (κ2) is 4.96. The van der Waals surface area contributed by atoms with E-state index in [1.807, 2.05) is 20.8 Å². The molecular weight excluding hydrogens is 282 g/mol. The van der Waals surface area contributed by atoms with Gasteiger partial charge in [-0.3, -0.25) is 4.84 Å². The van der Waals surface area contributed by atoms with Crippen molar-refractivity contribution in [1.29, 1.82) is 0 Å². The molecule has 0 spiro atoms. The summed E-state index contributed by atoms with van der Waals surface area (Å²) in [7, 11) is 0. The Balaban J connectivity index is 2.06. The third kappa shape index (κ3) is 3.44. The average molecular weight is 300 g/mol. The molecule has 17 heavy (non-hydrogen) atoms. The van der Waals surface area contributed by atoms with Crippen LogP contribution in [0, 0.1) is 0 Å². The van der Waals surface area contributed by atoms with E-state index in [4.69, 9.17) is 9.57 Å². The van der Waals surface area contributed by atoms with Gasteiger partial charge in [0, 0.05) is 23.0 Å². The van der Waals surface area contributed by atoms with E-state index in [-0.39, 0.29) is 5.60 Å². The minimum atomic E-state index is -0.184. The first-order valence-electron chi connectivity index (χ1n) is 5.81. The summed E-state index contributed by atoms with van der Waals surface area (Å²) >= 11 is 3.52. The fourth-order valence-electron chi connectivity index (χ4n) is 1.81. The Morgan fingerprint density at radius 3 is 2.88 bits per heavy atom. The summed E-state index contributed by atoms with van der Waals surface area (Å²) in [6, 6.07) is 4.19. The topological polar surface area (TPSA) is 30.5 Å². The molecule has 1 aliphatic rings. The molecule has 0 saturated heterocycles. The van der Waals surface area contributed by atoms with Gasteiger partial charge in [0.05, 0.1) is 12.2 Å². The molecule has 0 bridgehead atoms. The zero-order chi connectivity index (χ0) is 12.5. The van der Waals surface area contributed by atoms with E-state index in [0.717, 1.165) is 28.8 Å². The Morgan fingerprint density at radius 1 is 1.41 bits per heavy atom. The van der Waals surface area contributed by atoms with Crippen molar-refractivity contribution in [2.75, 3.05) is 6.61 Å². The van der Waals surface area contributed by atoms with Crippen molar-refractivity contribution in [2.24, 2.45) is 0 Å². The van der Waals surface area contributed by atoms with Gasteiger partial charge in [-0.15, -0.1) is 0 Å². The maximum Gasteiger partial charge on any atom is 0.127 e. The number of hydrogen-bond donors (Lipinski definition) is 1. The molecule has 3 nitrogen and oxygen atoms in total. The van der Waals surface area contributed by atoms with Gasteiger partial charge in [-0.2, -0.15) is 5.48 Å². The van der Waals surface area contributed by atoms with Crippen molar-refractivity contribution in [1.82, 2.24) is 5.48 Å². The molecule has 1 N–H and O–H groups in total. The minimum absolute atomic E-state index is 0.184. The molecule has 94 valence electrons. The molecule has 4 heteroatoms. The fraction of sp³-hybridized carbons (Fsp3) is 0.538. The van der Waals surface area contributed by atoms with Crippen LogP contribution in [0.3, 0.4) is 0 Å². The highest BCUT2D eigenvalue weighted by Crippen LogP contribution is 2.32. The number of halogens is 1. The normalized spacial score (nSPS) is 14.6. The van der Waals surface area contributed by atoms with Crippen molar-refractivity contribution < 1.29 is 9.57 Å². The summed E-state index contributed by atoms with van der Waals surface area (Å²) in [5.74, 6) is 1.01. The van der Waals surface area contributed by atoms with Gasteiger partial charge in [-0.05, 0) is 38.5 Å². The van der Waals surface area contributed by atoms with Crippen molar-refractivity contribution in [3.63, 3.8) is 0 Å². The minimum Gasteiger partial charge on any atom is -0.493 e. The van der Waals surface area contributed by atoms with E-state index in [2.05, 4.69) is 33.5 Å². The van der Waals surface area contributed by atoms with Crippen LogP contribution in [0.5, 0.6) is 5.75 Å². The van der Waals surface area contributed by atoms with Gasteiger partial charge in [0.1, 0.15) is 5.75 Å². The van der Waals surface area contributed by atoms with Gasteiger partial charge in [-0.1, -0.05) is 15.9 Å². The Labute approximate surface area is 111 Å². The second-order valence-electron chi connectivity index (χ2n) is 5.19. The number of fused-ring (bicyclic) bond motifs is 1. The van der Waals surface area contributed by atoms with Crippen LogP contribution in [-0.2, 0) is 17.8 Å². The molecular formula is C13H18BrNO2. The van der Waals surface area contributed by atoms with Crippen LogP contribution < -0.4 is 10.2 Å². The molecule has 1 heterocycles. The van der Waals surface area contributed by atoms with E-state index in [9.17, 15) is 0 Å². The monoisotopic (exact) mass is 299 g/mol. The number of ether oxygens (including phenoxy) is 1. The van der Waals surface area contributed by atoms with Gasteiger partial charge in [-0.25, -0.2) is 0 Å². The first-order chi connectivity index (χ1) is 7.96. The lowest BCUT2D eigenvalue weighted by Crippen LogP contribution is -2.28. The fourth-order valence-corrected chi connectivity index (χ4v) is 2.36. The SMILES string of the molecule is CC(C)(C)ONCc1cc(Br)cc2c1OCC2. The highest BCUT2D eigenvalue weighted by Gasteiger charge is 2.18. The molecule has 0 aliphatic carbocycles. The lowest BCUT2D eigenvalue weighted by molar-refractivity contribution is -0.0759. The van der Waals surface area contributed by atoms with Crippen LogP contribution in [0.1, 0.15) is 31.9 Å². The van der Waals surface area contributed by atoms with Crippen molar-refractivity contribution >= 4 is 15.9 Å². The van der Waals surface area contributed by atoms with Crippen LogP contribution in [0.2, 0.25) is 0 Å². The van der Waals surface area contributed by atoms with E-state index < -0.39 is 0 Å². The molecule has 1 aliphatic heterocycles. The second-order valence-corrected chi connectivity index (χ2v) is 6.10. The molecule has 0 saturated carbocycles. The standard InChI is InChI=1S/C13H18BrNO2/c1-13(2,3)17-15-8-10-7-11(14)6-9-4-5-16-12(9)10/h6-7,15H,4-5,8H2,1-3H3. The molecule has 2 rings (SSSR count). The predicted octanol–water partition coefficient (Wildman–Crippen LogP) is 3.20. The van der Waals surface area contributed by atoms with Gasteiger partial charge < -0.3 is 4.74 Å². The maximum atomic E-state index is 5.65. The molecule has 0 aromatic heterocycles. The van der Waals surface area contributed by atoms with Crippen molar-refractivity contribution in [2.45, 2.75) is 39.3 Å². The summed E-state index contributed by atoms with van der Waals surface area (Å²) < 4.78 is 6.74. The van der Waals surface area contributed by atoms with Gasteiger partial charge in [0.2, 0.25) is 0 Å². The van der Waals surface area contributed by atoms with Gasteiger partial charge >= 0.3 is 0 Å². The number of nitrogens with one attached hydrogen (secondary N) is 1. The average Bonchev–Trinajstić information content (AvgIpc) is 2.63. The summed E-state index contributed by atoms with van der Waals surface area (Å²) in [5, 5.41) is 0. The molecule has 0 atom stereocenters. The lowest BCUT2D eigenvalue weighted by atomic mass is 10.1. The maximum absolute atomic E-state index is 5.65. The Kier molecular flexibility index (Phi) is 3.76. The third-order valence-corrected chi connectivity index (χ3v) is 2.92. The number of rotatable bonds is 3. The summed E-state index contributed by atoms with van der Waals surface area (Å²) in [4.78, 5) is 5.51. The molecule has 0 unspecified atom stereocenters. The van der Waals surface area contributed by atoms with E-state index in [1.54, 1.807) is 0 Å².